The van der Waals surface area contributed by atoms with Crippen molar-refractivity contribution in [1.82, 2.24) is 0 Å². The molecule has 0 bridgehead atoms. The van der Waals surface area contributed by atoms with Crippen molar-refractivity contribution in [2.75, 3.05) is 18.2 Å². The van der Waals surface area contributed by atoms with Gasteiger partial charge in [0.2, 0.25) is 5.91 Å². The number of hydrogen-bond acceptors (Lipinski definition) is 5. The third kappa shape index (κ3) is 4.83. The van der Waals surface area contributed by atoms with Crippen LogP contribution in [-0.4, -0.2) is 24.7 Å². The summed E-state index contributed by atoms with van der Waals surface area (Å²) >= 11 is 8.49. The van der Waals surface area contributed by atoms with Gasteiger partial charge in [-0.05, 0) is 48.9 Å². The first-order valence-corrected chi connectivity index (χ1v) is 10.9. The molecule has 0 saturated heterocycles. The first kappa shape index (κ1) is 20.2. The molecule has 0 radical (unpaired) electrons. The van der Waals surface area contributed by atoms with Crippen LogP contribution in [0.3, 0.4) is 0 Å². The van der Waals surface area contributed by atoms with Gasteiger partial charge in [0.1, 0.15) is 10.8 Å². The van der Waals surface area contributed by atoms with Gasteiger partial charge in [-0.15, -0.1) is 23.1 Å². The first-order valence-electron chi connectivity index (χ1n) is 8.54. The molecule has 1 aromatic heterocycles. The van der Waals surface area contributed by atoms with Crippen molar-refractivity contribution in [1.29, 1.82) is 0 Å². The predicted octanol–water partition coefficient (Wildman–Crippen LogP) is 5.08. The lowest BCUT2D eigenvalue weighted by Gasteiger charge is -2.11. The number of carbonyl (C=O) groups is 2. The van der Waals surface area contributed by atoms with E-state index in [0.29, 0.717) is 26.9 Å². The molecule has 8 heteroatoms. The average molecular weight is 428 g/mol. The number of ether oxygens (including phenoxy) is 1. The molecule has 0 fully saturated rings. The van der Waals surface area contributed by atoms with Gasteiger partial charge in [0.25, 0.3) is 0 Å². The molecule has 3 rings (SSSR count). The molecule has 1 aliphatic carbocycles. The van der Waals surface area contributed by atoms with E-state index >= 15 is 0 Å². The van der Waals surface area contributed by atoms with Crippen LogP contribution < -0.4 is 5.32 Å². The van der Waals surface area contributed by atoms with E-state index in [2.05, 4.69) is 5.32 Å². The molecule has 0 saturated carbocycles. The lowest BCUT2D eigenvalue weighted by Crippen LogP contribution is -2.16. The Labute approximate surface area is 170 Å². The number of fused-ring (bicyclic) bond motifs is 1. The topological polar surface area (TPSA) is 55.4 Å². The second kappa shape index (κ2) is 9.08. The Morgan fingerprint density at radius 1 is 1.33 bits per heavy atom. The number of halogens is 2. The second-order valence-corrected chi connectivity index (χ2v) is 8.71. The number of hydrogen-bond donors (Lipinski definition) is 1. The van der Waals surface area contributed by atoms with Gasteiger partial charge >= 0.3 is 5.97 Å². The average Bonchev–Trinajstić information content (AvgIpc) is 3.00. The van der Waals surface area contributed by atoms with Gasteiger partial charge in [-0.25, -0.2) is 9.18 Å². The van der Waals surface area contributed by atoms with Crippen molar-refractivity contribution >= 4 is 51.6 Å². The molecule has 1 amide bonds. The molecule has 144 valence electrons. The SMILES string of the molecule is COC(=O)c1c(NC(=O)CSCc2ccc(Cl)cc2F)sc2c1CCCC2. The summed E-state index contributed by atoms with van der Waals surface area (Å²) in [6.45, 7) is 0. The van der Waals surface area contributed by atoms with E-state index in [9.17, 15) is 14.0 Å². The maximum Gasteiger partial charge on any atom is 0.341 e. The Kier molecular flexibility index (Phi) is 6.78. The first-order chi connectivity index (χ1) is 13.0. The fraction of sp³-hybridized carbons (Fsp3) is 0.368. The number of anilines is 1. The number of aryl methyl sites for hydroxylation is 1. The van der Waals surface area contributed by atoms with Gasteiger partial charge < -0.3 is 10.1 Å². The largest absolute Gasteiger partial charge is 0.465 e. The molecule has 4 nitrogen and oxygen atoms in total. The molecular weight excluding hydrogens is 409 g/mol. The highest BCUT2D eigenvalue weighted by atomic mass is 35.5. The number of amides is 1. The lowest BCUT2D eigenvalue weighted by molar-refractivity contribution is -0.113. The summed E-state index contributed by atoms with van der Waals surface area (Å²) < 4.78 is 18.7. The van der Waals surface area contributed by atoms with E-state index in [4.69, 9.17) is 16.3 Å². The number of esters is 1. The van der Waals surface area contributed by atoms with Gasteiger partial charge in [-0.1, -0.05) is 17.7 Å². The van der Waals surface area contributed by atoms with E-state index in [1.807, 2.05) is 0 Å². The van der Waals surface area contributed by atoms with Crippen molar-refractivity contribution in [3.05, 3.63) is 50.6 Å². The maximum atomic E-state index is 13.8. The molecule has 0 atom stereocenters. The number of methoxy groups -OCH3 is 1. The number of thioether (sulfide) groups is 1. The van der Waals surface area contributed by atoms with E-state index in [1.54, 1.807) is 12.1 Å². The summed E-state index contributed by atoms with van der Waals surface area (Å²) in [7, 11) is 1.34. The Balaban J connectivity index is 1.64. The van der Waals surface area contributed by atoms with Crippen LogP contribution >= 0.6 is 34.7 Å². The van der Waals surface area contributed by atoms with Gasteiger partial charge in [0.15, 0.2) is 0 Å². The van der Waals surface area contributed by atoms with Crippen molar-refractivity contribution in [2.45, 2.75) is 31.4 Å². The van der Waals surface area contributed by atoms with Gasteiger partial charge in [-0.3, -0.25) is 4.79 Å². The van der Waals surface area contributed by atoms with Crippen molar-refractivity contribution < 1.29 is 18.7 Å². The predicted molar refractivity (Wildman–Crippen MR) is 109 cm³/mol. The highest BCUT2D eigenvalue weighted by Crippen LogP contribution is 2.38. The molecular formula is C19H19ClFNO3S2. The van der Waals surface area contributed by atoms with Crippen LogP contribution in [0.1, 0.15) is 39.2 Å². The standard InChI is InChI=1S/C19H19ClFNO3S2/c1-25-19(24)17-13-4-2-3-5-15(13)27-18(17)22-16(23)10-26-9-11-6-7-12(20)8-14(11)21/h6-8H,2-5,9-10H2,1H3,(H,22,23). The molecule has 1 aromatic carbocycles. The minimum Gasteiger partial charge on any atom is -0.465 e. The third-order valence-corrected chi connectivity index (χ3v) is 6.74. The zero-order valence-electron chi connectivity index (χ0n) is 14.8. The van der Waals surface area contributed by atoms with Crippen LogP contribution in [0.4, 0.5) is 9.39 Å². The van der Waals surface area contributed by atoms with E-state index in [-0.39, 0.29) is 17.5 Å². The van der Waals surface area contributed by atoms with Crippen LogP contribution in [-0.2, 0) is 28.1 Å². The molecule has 1 N–H and O–H groups in total. The summed E-state index contributed by atoms with van der Waals surface area (Å²) in [5, 5.41) is 3.73. The summed E-state index contributed by atoms with van der Waals surface area (Å²) in [6, 6.07) is 4.50. The Bertz CT molecular complexity index is 869. The number of thiophene rings is 1. The maximum absolute atomic E-state index is 13.8. The number of benzene rings is 1. The molecule has 1 heterocycles. The van der Waals surface area contributed by atoms with E-state index in [1.165, 1.54) is 36.3 Å². The Morgan fingerprint density at radius 2 is 2.11 bits per heavy atom. The summed E-state index contributed by atoms with van der Waals surface area (Å²) in [5.74, 6) is -0.500. The zero-order chi connectivity index (χ0) is 19.4. The quantitative estimate of drug-likeness (QED) is 0.653. The van der Waals surface area contributed by atoms with Gasteiger partial charge in [0.05, 0.1) is 18.4 Å². The Morgan fingerprint density at radius 3 is 2.85 bits per heavy atom. The van der Waals surface area contributed by atoms with Crippen LogP contribution in [0, 0.1) is 5.82 Å². The summed E-state index contributed by atoms with van der Waals surface area (Å²) in [4.78, 5) is 25.7. The fourth-order valence-electron chi connectivity index (χ4n) is 3.03. The normalized spacial score (nSPS) is 13.1. The van der Waals surface area contributed by atoms with Gasteiger partial charge in [-0.2, -0.15) is 0 Å². The van der Waals surface area contributed by atoms with Crippen molar-refractivity contribution in [3.8, 4) is 0 Å². The fourth-order valence-corrected chi connectivity index (χ4v) is 5.29. The van der Waals surface area contributed by atoms with Crippen molar-refractivity contribution in [3.63, 3.8) is 0 Å². The molecule has 0 spiro atoms. The van der Waals surface area contributed by atoms with Crippen LogP contribution in [0.15, 0.2) is 18.2 Å². The monoisotopic (exact) mass is 427 g/mol. The molecule has 27 heavy (non-hydrogen) atoms. The zero-order valence-corrected chi connectivity index (χ0v) is 17.2. The lowest BCUT2D eigenvalue weighted by atomic mass is 9.95. The molecule has 2 aromatic rings. The molecule has 0 unspecified atom stereocenters. The van der Waals surface area contributed by atoms with E-state index < -0.39 is 5.97 Å². The number of nitrogens with one attached hydrogen (secondary N) is 1. The van der Waals surface area contributed by atoms with Crippen LogP contribution in [0.25, 0.3) is 0 Å². The summed E-state index contributed by atoms with van der Waals surface area (Å²) in [5.41, 5.74) is 1.99. The Hall–Kier alpha value is -1.57. The second-order valence-electron chi connectivity index (χ2n) is 6.18. The third-order valence-electron chi connectivity index (χ3n) is 4.32. The van der Waals surface area contributed by atoms with Crippen LogP contribution in [0.5, 0.6) is 0 Å². The minimum absolute atomic E-state index is 0.158. The minimum atomic E-state index is -0.416. The molecule has 1 aliphatic rings. The molecule has 0 aliphatic heterocycles. The summed E-state index contributed by atoms with van der Waals surface area (Å²) in [6.07, 6.45) is 3.87. The number of rotatable bonds is 6. The van der Waals surface area contributed by atoms with E-state index in [0.717, 1.165) is 36.1 Å². The highest BCUT2D eigenvalue weighted by Gasteiger charge is 2.26. The number of carbonyl (C=O) groups excluding carboxylic acids is 2. The van der Waals surface area contributed by atoms with Crippen LogP contribution in [0.2, 0.25) is 5.02 Å². The highest BCUT2D eigenvalue weighted by molar-refractivity contribution is 7.99. The van der Waals surface area contributed by atoms with Gasteiger partial charge in [0, 0.05) is 15.7 Å². The van der Waals surface area contributed by atoms with Crippen molar-refractivity contribution in [2.24, 2.45) is 0 Å². The smallest absolute Gasteiger partial charge is 0.341 e.